The molecule has 1 N–H and O–H groups in total. The van der Waals surface area contributed by atoms with Crippen molar-refractivity contribution in [3.8, 4) is 0 Å². The van der Waals surface area contributed by atoms with Gasteiger partial charge in [-0.1, -0.05) is 17.7 Å². The summed E-state index contributed by atoms with van der Waals surface area (Å²) in [5.74, 6) is -0.342. The lowest BCUT2D eigenvalue weighted by molar-refractivity contribution is -0.384. The summed E-state index contributed by atoms with van der Waals surface area (Å²) in [6.45, 7) is 1.88. The monoisotopic (exact) mass is 337 g/mol. The molecule has 1 amide bonds. The first-order valence-electron chi connectivity index (χ1n) is 7.58. The van der Waals surface area contributed by atoms with Crippen LogP contribution in [0.4, 0.5) is 11.4 Å². The molecule has 0 aliphatic carbocycles. The summed E-state index contributed by atoms with van der Waals surface area (Å²) in [6, 6.07) is 12.6. The molecular formula is C18H15N3O4. The Kier molecular flexibility index (Phi) is 4.30. The quantitative estimate of drug-likeness (QED) is 0.585. The van der Waals surface area contributed by atoms with E-state index in [1.165, 1.54) is 24.3 Å². The van der Waals surface area contributed by atoms with Gasteiger partial charge in [0.2, 0.25) is 5.91 Å². The minimum absolute atomic E-state index is 0.0114. The maximum atomic E-state index is 12.3. The number of fused-ring (bicyclic) bond motifs is 1. The lowest BCUT2D eigenvalue weighted by Gasteiger charge is -2.11. The van der Waals surface area contributed by atoms with Crippen LogP contribution in [0.2, 0.25) is 0 Å². The number of aromatic nitrogens is 1. The van der Waals surface area contributed by atoms with Crippen LogP contribution in [0.25, 0.3) is 10.9 Å². The van der Waals surface area contributed by atoms with Crippen molar-refractivity contribution in [2.45, 2.75) is 13.5 Å². The zero-order valence-corrected chi connectivity index (χ0v) is 13.4. The highest BCUT2D eigenvalue weighted by Gasteiger charge is 2.10. The van der Waals surface area contributed by atoms with E-state index in [1.54, 1.807) is 29.0 Å². The van der Waals surface area contributed by atoms with E-state index >= 15 is 0 Å². The molecule has 0 atom stereocenters. The molecule has 25 heavy (non-hydrogen) atoms. The Bertz CT molecular complexity index is 1040. The zero-order valence-electron chi connectivity index (χ0n) is 13.4. The number of nitro benzene ring substituents is 1. The molecule has 0 radical (unpaired) electrons. The first-order chi connectivity index (χ1) is 11.9. The van der Waals surface area contributed by atoms with Crippen molar-refractivity contribution >= 4 is 28.2 Å². The molecule has 0 aliphatic rings. The minimum Gasteiger partial charge on any atom is -0.338 e. The smallest absolute Gasteiger partial charge is 0.271 e. The van der Waals surface area contributed by atoms with Crippen LogP contribution in [-0.4, -0.2) is 15.4 Å². The van der Waals surface area contributed by atoms with E-state index in [0.29, 0.717) is 16.6 Å². The third kappa shape index (κ3) is 3.55. The lowest BCUT2D eigenvalue weighted by atomic mass is 10.1. The summed E-state index contributed by atoms with van der Waals surface area (Å²) < 4.78 is 1.67. The molecule has 7 heteroatoms. The van der Waals surface area contributed by atoms with Crippen LogP contribution in [0, 0.1) is 17.0 Å². The second-order valence-corrected chi connectivity index (χ2v) is 5.68. The van der Waals surface area contributed by atoms with Crippen molar-refractivity contribution in [2.24, 2.45) is 0 Å². The first kappa shape index (κ1) is 16.4. The number of nitrogens with zero attached hydrogens (tertiary/aromatic N) is 2. The maximum absolute atomic E-state index is 12.3. The molecular weight excluding hydrogens is 322 g/mol. The summed E-state index contributed by atoms with van der Waals surface area (Å²) in [7, 11) is 0. The fourth-order valence-corrected chi connectivity index (χ4v) is 2.62. The highest BCUT2D eigenvalue weighted by molar-refractivity contribution is 5.92. The molecule has 3 aromatic rings. The number of nitrogens with one attached hydrogen (secondary N) is 1. The van der Waals surface area contributed by atoms with Crippen LogP contribution in [0.1, 0.15) is 5.56 Å². The predicted octanol–water partition coefficient (Wildman–Crippen LogP) is 2.86. The van der Waals surface area contributed by atoms with E-state index < -0.39 is 4.92 Å². The van der Waals surface area contributed by atoms with E-state index in [4.69, 9.17) is 0 Å². The largest absolute Gasteiger partial charge is 0.338 e. The summed E-state index contributed by atoms with van der Waals surface area (Å²) in [4.78, 5) is 34.5. The van der Waals surface area contributed by atoms with Crippen LogP contribution < -0.4 is 10.7 Å². The van der Waals surface area contributed by atoms with Crippen molar-refractivity contribution in [1.29, 1.82) is 0 Å². The number of anilines is 1. The number of pyridine rings is 1. The summed E-state index contributed by atoms with van der Waals surface area (Å²) in [6.07, 6.45) is 1.56. The van der Waals surface area contributed by atoms with Gasteiger partial charge in [0, 0.05) is 35.5 Å². The SMILES string of the molecule is Cc1ccc2c(c1)c(=O)ccn2CC(=O)Nc1cccc([N+](=O)[O-])c1. The molecule has 126 valence electrons. The van der Waals surface area contributed by atoms with Crippen molar-refractivity contribution in [3.63, 3.8) is 0 Å². The summed E-state index contributed by atoms with van der Waals surface area (Å²) in [5.41, 5.74) is 1.77. The molecule has 0 saturated heterocycles. The maximum Gasteiger partial charge on any atom is 0.271 e. The molecule has 0 unspecified atom stereocenters. The highest BCUT2D eigenvalue weighted by Crippen LogP contribution is 2.17. The number of hydrogen-bond acceptors (Lipinski definition) is 4. The molecule has 0 fully saturated rings. The van der Waals surface area contributed by atoms with Crippen LogP contribution in [0.5, 0.6) is 0 Å². The molecule has 7 nitrogen and oxygen atoms in total. The number of hydrogen-bond donors (Lipinski definition) is 1. The molecule has 3 rings (SSSR count). The van der Waals surface area contributed by atoms with Crippen molar-refractivity contribution in [1.82, 2.24) is 4.57 Å². The molecule has 1 aromatic heterocycles. The molecule has 0 bridgehead atoms. The Morgan fingerprint density at radius 1 is 1.20 bits per heavy atom. The first-order valence-corrected chi connectivity index (χ1v) is 7.58. The highest BCUT2D eigenvalue weighted by atomic mass is 16.6. The predicted molar refractivity (Wildman–Crippen MR) is 94.7 cm³/mol. The summed E-state index contributed by atoms with van der Waals surface area (Å²) >= 11 is 0. The third-order valence-electron chi connectivity index (χ3n) is 3.79. The van der Waals surface area contributed by atoms with Crippen molar-refractivity contribution in [2.75, 3.05) is 5.32 Å². The van der Waals surface area contributed by atoms with Gasteiger partial charge in [0.25, 0.3) is 5.69 Å². The topological polar surface area (TPSA) is 94.2 Å². The van der Waals surface area contributed by atoms with Gasteiger partial charge >= 0.3 is 0 Å². The normalized spacial score (nSPS) is 10.6. The Morgan fingerprint density at radius 3 is 2.76 bits per heavy atom. The number of aryl methyl sites for hydroxylation is 1. The number of non-ortho nitro benzene ring substituents is 1. The summed E-state index contributed by atoms with van der Waals surface area (Å²) in [5, 5.41) is 14.0. The average molecular weight is 337 g/mol. The molecule has 2 aromatic carbocycles. The fourth-order valence-electron chi connectivity index (χ4n) is 2.62. The Morgan fingerprint density at radius 2 is 2.00 bits per heavy atom. The van der Waals surface area contributed by atoms with Crippen LogP contribution in [0.15, 0.2) is 59.5 Å². The van der Waals surface area contributed by atoms with Gasteiger partial charge < -0.3 is 9.88 Å². The number of benzene rings is 2. The number of rotatable bonds is 4. The van der Waals surface area contributed by atoms with Crippen molar-refractivity contribution in [3.05, 3.63) is 80.6 Å². The van der Waals surface area contributed by atoms with E-state index in [1.807, 2.05) is 13.0 Å². The Balaban J connectivity index is 1.85. The molecule has 0 aliphatic heterocycles. The van der Waals surface area contributed by atoms with Gasteiger partial charge in [0.15, 0.2) is 5.43 Å². The van der Waals surface area contributed by atoms with Crippen LogP contribution >= 0.6 is 0 Å². The van der Waals surface area contributed by atoms with Gasteiger partial charge in [-0.05, 0) is 25.1 Å². The number of nitro groups is 1. The average Bonchev–Trinajstić information content (AvgIpc) is 2.58. The van der Waals surface area contributed by atoms with Crippen LogP contribution in [-0.2, 0) is 11.3 Å². The van der Waals surface area contributed by atoms with Gasteiger partial charge in [0.05, 0.1) is 10.4 Å². The van der Waals surface area contributed by atoms with Crippen molar-refractivity contribution < 1.29 is 9.72 Å². The third-order valence-corrected chi connectivity index (χ3v) is 3.79. The van der Waals surface area contributed by atoms with Gasteiger partial charge in [-0.3, -0.25) is 19.7 Å². The Labute approximate surface area is 142 Å². The number of amides is 1. The number of carbonyl (C=O) groups is 1. The second kappa shape index (κ2) is 6.56. The molecule has 1 heterocycles. The van der Waals surface area contributed by atoms with E-state index in [2.05, 4.69) is 5.32 Å². The van der Waals surface area contributed by atoms with Gasteiger partial charge in [-0.15, -0.1) is 0 Å². The second-order valence-electron chi connectivity index (χ2n) is 5.68. The van der Waals surface area contributed by atoms with E-state index in [9.17, 15) is 19.7 Å². The van der Waals surface area contributed by atoms with E-state index in [0.717, 1.165) is 5.56 Å². The lowest BCUT2D eigenvalue weighted by Crippen LogP contribution is -2.20. The van der Waals surface area contributed by atoms with E-state index in [-0.39, 0.29) is 23.6 Å². The van der Waals surface area contributed by atoms with Gasteiger partial charge in [0.1, 0.15) is 6.54 Å². The van der Waals surface area contributed by atoms with Gasteiger partial charge in [-0.2, -0.15) is 0 Å². The molecule has 0 saturated carbocycles. The minimum atomic E-state index is -0.521. The van der Waals surface area contributed by atoms with Gasteiger partial charge in [-0.25, -0.2) is 0 Å². The fraction of sp³-hybridized carbons (Fsp3) is 0.111. The standard InChI is InChI=1S/C18H15N3O4/c1-12-5-6-16-15(9-12)17(22)7-8-20(16)11-18(23)19-13-3-2-4-14(10-13)21(24)25/h2-10H,11H2,1H3,(H,19,23). The Hall–Kier alpha value is -3.48. The molecule has 0 spiro atoms. The van der Waals surface area contributed by atoms with Crippen LogP contribution in [0.3, 0.4) is 0 Å². The number of carbonyl (C=O) groups excluding carboxylic acids is 1. The zero-order chi connectivity index (χ0) is 18.0.